The van der Waals surface area contributed by atoms with Crippen molar-refractivity contribution < 1.29 is 19.0 Å². The summed E-state index contributed by atoms with van der Waals surface area (Å²) in [6.07, 6.45) is 0. The molecule has 4 nitrogen and oxygen atoms in total. The summed E-state index contributed by atoms with van der Waals surface area (Å²) in [4.78, 5) is 0. The van der Waals surface area contributed by atoms with Crippen LogP contribution in [-0.2, 0) is 14.0 Å². The number of halogens is 1. The first-order valence-corrected chi connectivity index (χ1v) is 8.54. The van der Waals surface area contributed by atoms with Gasteiger partial charge in [0, 0.05) is 5.02 Å². The molecule has 1 aromatic carbocycles. The summed E-state index contributed by atoms with van der Waals surface area (Å²) in [7, 11) is -1.61. The molecule has 0 aliphatic carbocycles. The monoisotopic (exact) mass is 348 g/mol. The van der Waals surface area contributed by atoms with Crippen molar-refractivity contribution >= 4 is 31.3 Å². The van der Waals surface area contributed by atoms with Crippen LogP contribution in [0.25, 0.3) is 5.47 Å². The maximum atomic E-state index is 10.5. The molecule has 0 spiro atoms. The van der Waals surface area contributed by atoms with Gasteiger partial charge in [-0.2, -0.15) is 0 Å². The summed E-state index contributed by atoms with van der Waals surface area (Å²) in [5, 5.41) is 11.2. The van der Waals surface area contributed by atoms with Gasteiger partial charge < -0.3 is 19.0 Å². The van der Waals surface area contributed by atoms with Gasteiger partial charge in [0.1, 0.15) is 0 Å². The third-order valence-corrected chi connectivity index (χ3v) is 5.49. The largest absolute Gasteiger partial charge is 0.493 e. The van der Waals surface area contributed by atoms with Crippen molar-refractivity contribution in [1.82, 2.24) is 0 Å². The molecule has 0 aromatic heterocycles. The Labute approximate surface area is 149 Å². The SMILES string of the molecule is CC1(C)OB(O)C(c2ccc(Cl)cc2)=C1B1OC(C)(C)C(C)(C)O1. The lowest BCUT2D eigenvalue weighted by Gasteiger charge is -2.32. The van der Waals surface area contributed by atoms with Crippen LogP contribution in [0, 0.1) is 0 Å². The molecule has 1 aromatic rings. The first kappa shape index (κ1) is 18.0. The summed E-state index contributed by atoms with van der Waals surface area (Å²) >= 11 is 5.99. The zero-order valence-corrected chi connectivity index (χ0v) is 15.8. The van der Waals surface area contributed by atoms with E-state index in [1.165, 1.54) is 0 Å². The molecular weight excluding hydrogens is 325 g/mol. The van der Waals surface area contributed by atoms with Gasteiger partial charge in [-0.1, -0.05) is 23.7 Å². The van der Waals surface area contributed by atoms with Crippen molar-refractivity contribution in [2.75, 3.05) is 0 Å². The zero-order valence-electron chi connectivity index (χ0n) is 15.0. The highest BCUT2D eigenvalue weighted by molar-refractivity contribution is 6.74. The molecular formula is C17H23B2ClO4. The average Bonchev–Trinajstić information content (AvgIpc) is 2.79. The molecule has 0 unspecified atom stereocenters. The Hall–Kier alpha value is -0.780. The van der Waals surface area contributed by atoms with E-state index in [2.05, 4.69) is 0 Å². The van der Waals surface area contributed by atoms with Crippen LogP contribution >= 0.6 is 11.6 Å². The maximum Gasteiger partial charge on any atom is 0.493 e. The molecule has 1 saturated heterocycles. The lowest BCUT2D eigenvalue weighted by molar-refractivity contribution is 0.00578. The van der Waals surface area contributed by atoms with Crippen LogP contribution in [0.3, 0.4) is 0 Å². The van der Waals surface area contributed by atoms with Gasteiger partial charge in [-0.15, -0.1) is 0 Å². The lowest BCUT2D eigenvalue weighted by atomic mass is 9.62. The fraction of sp³-hybridized carbons (Fsp3) is 0.529. The predicted molar refractivity (Wildman–Crippen MR) is 97.6 cm³/mol. The minimum absolute atomic E-state index is 0.459. The molecule has 1 N–H and O–H groups in total. The Bertz CT molecular complexity index is 666. The van der Waals surface area contributed by atoms with Crippen LogP contribution in [0.15, 0.2) is 29.7 Å². The van der Waals surface area contributed by atoms with Crippen molar-refractivity contribution in [2.45, 2.75) is 58.3 Å². The Balaban J connectivity index is 2.11. The molecule has 0 atom stereocenters. The molecule has 0 radical (unpaired) electrons. The standard InChI is InChI=1S/C17H23B2ClO4/c1-15(2)14(19-23-16(3,4)17(5,6)24-19)13(18(21)22-15)11-7-9-12(20)10-8-11/h7-10,21H,1-6H3. The van der Waals surface area contributed by atoms with Crippen LogP contribution in [0.1, 0.15) is 47.1 Å². The highest BCUT2D eigenvalue weighted by Gasteiger charge is 2.58. The molecule has 7 heteroatoms. The van der Waals surface area contributed by atoms with Gasteiger partial charge in [-0.3, -0.25) is 0 Å². The van der Waals surface area contributed by atoms with Gasteiger partial charge in [0.15, 0.2) is 0 Å². The van der Waals surface area contributed by atoms with Gasteiger partial charge in [0.2, 0.25) is 0 Å². The first-order valence-electron chi connectivity index (χ1n) is 8.17. The minimum Gasteiger partial charge on any atom is -0.423 e. The summed E-state index contributed by atoms with van der Waals surface area (Å²) in [5.74, 6) is 0. The third kappa shape index (κ3) is 2.85. The van der Waals surface area contributed by atoms with Crippen LogP contribution < -0.4 is 0 Å². The van der Waals surface area contributed by atoms with Crippen molar-refractivity contribution in [1.29, 1.82) is 0 Å². The van der Waals surface area contributed by atoms with E-state index in [1.54, 1.807) is 12.1 Å². The topological polar surface area (TPSA) is 47.9 Å². The fourth-order valence-corrected chi connectivity index (χ4v) is 3.28. The summed E-state index contributed by atoms with van der Waals surface area (Å²) in [6.45, 7) is 11.9. The van der Waals surface area contributed by atoms with E-state index in [1.807, 2.05) is 53.7 Å². The average molecular weight is 348 g/mol. The third-order valence-electron chi connectivity index (χ3n) is 5.24. The van der Waals surface area contributed by atoms with E-state index in [4.69, 9.17) is 25.6 Å². The second kappa shape index (κ2) is 5.61. The van der Waals surface area contributed by atoms with Crippen molar-refractivity contribution in [3.63, 3.8) is 0 Å². The van der Waals surface area contributed by atoms with E-state index in [9.17, 15) is 5.02 Å². The lowest BCUT2D eigenvalue weighted by Crippen LogP contribution is -2.41. The number of benzene rings is 1. The van der Waals surface area contributed by atoms with Crippen LogP contribution in [0.4, 0.5) is 0 Å². The van der Waals surface area contributed by atoms with Gasteiger partial charge in [-0.25, -0.2) is 0 Å². The van der Waals surface area contributed by atoms with Gasteiger partial charge in [-0.05, 0) is 70.2 Å². The molecule has 0 saturated carbocycles. The zero-order chi connectivity index (χ0) is 17.9. The molecule has 2 aliphatic heterocycles. The van der Waals surface area contributed by atoms with Gasteiger partial charge in [0.05, 0.1) is 16.8 Å². The molecule has 0 amide bonds. The highest BCUT2D eigenvalue weighted by atomic mass is 35.5. The van der Waals surface area contributed by atoms with E-state index in [0.717, 1.165) is 11.0 Å². The van der Waals surface area contributed by atoms with Crippen LogP contribution in [-0.4, -0.2) is 36.1 Å². The quantitative estimate of drug-likeness (QED) is 0.831. The molecule has 2 heterocycles. The summed E-state index contributed by atoms with van der Waals surface area (Å²) in [5.41, 5.74) is 0.738. The van der Waals surface area contributed by atoms with Gasteiger partial charge >= 0.3 is 14.2 Å². The maximum absolute atomic E-state index is 10.5. The molecule has 128 valence electrons. The predicted octanol–water partition coefficient (Wildman–Crippen LogP) is 3.55. The second-order valence-electron chi connectivity index (χ2n) is 7.90. The Morgan fingerprint density at radius 2 is 1.38 bits per heavy atom. The van der Waals surface area contributed by atoms with Crippen molar-refractivity contribution in [2.24, 2.45) is 0 Å². The van der Waals surface area contributed by atoms with E-state index in [0.29, 0.717) is 10.5 Å². The minimum atomic E-state index is -1.03. The van der Waals surface area contributed by atoms with Crippen LogP contribution in [0.2, 0.25) is 5.02 Å². The fourth-order valence-electron chi connectivity index (χ4n) is 3.16. The molecule has 3 rings (SSSR count). The highest BCUT2D eigenvalue weighted by Crippen LogP contribution is 2.46. The smallest absolute Gasteiger partial charge is 0.423 e. The van der Waals surface area contributed by atoms with Gasteiger partial charge in [0.25, 0.3) is 0 Å². The number of rotatable bonds is 2. The second-order valence-corrected chi connectivity index (χ2v) is 8.34. The van der Waals surface area contributed by atoms with E-state index in [-0.39, 0.29) is 0 Å². The molecule has 1 fully saturated rings. The summed E-state index contributed by atoms with van der Waals surface area (Å²) < 4.78 is 18.2. The summed E-state index contributed by atoms with van der Waals surface area (Å²) in [6, 6.07) is 7.33. The first-order chi connectivity index (χ1) is 10.9. The Morgan fingerprint density at radius 1 is 0.875 bits per heavy atom. The molecule has 0 bridgehead atoms. The number of hydrogen-bond donors (Lipinski definition) is 1. The van der Waals surface area contributed by atoms with E-state index < -0.39 is 31.0 Å². The van der Waals surface area contributed by atoms with Crippen molar-refractivity contribution in [3.8, 4) is 0 Å². The molecule has 2 aliphatic rings. The Kier molecular flexibility index (Phi) is 4.22. The van der Waals surface area contributed by atoms with Crippen LogP contribution in [0.5, 0.6) is 0 Å². The van der Waals surface area contributed by atoms with Crippen molar-refractivity contribution in [3.05, 3.63) is 40.3 Å². The number of hydrogen-bond acceptors (Lipinski definition) is 4. The normalized spacial score (nSPS) is 24.8. The molecule has 24 heavy (non-hydrogen) atoms. The Morgan fingerprint density at radius 3 is 1.88 bits per heavy atom. The van der Waals surface area contributed by atoms with E-state index >= 15 is 0 Å².